The second kappa shape index (κ2) is 7.04. The number of rotatable bonds is 5. The van der Waals surface area contributed by atoms with E-state index in [-0.39, 0.29) is 5.91 Å². The van der Waals surface area contributed by atoms with E-state index in [1.54, 1.807) is 0 Å². The van der Waals surface area contributed by atoms with Gasteiger partial charge in [-0.05, 0) is 37.5 Å². The molecule has 0 spiro atoms. The molecule has 24 heavy (non-hydrogen) atoms. The number of hydrogen-bond donors (Lipinski definition) is 2. The Balaban J connectivity index is 1.83. The van der Waals surface area contributed by atoms with Gasteiger partial charge in [0, 0.05) is 5.69 Å². The van der Waals surface area contributed by atoms with E-state index in [0.29, 0.717) is 12.2 Å². The lowest BCUT2D eigenvalue weighted by molar-refractivity contribution is -0.117. The van der Waals surface area contributed by atoms with Crippen LogP contribution in [0.1, 0.15) is 28.4 Å². The highest BCUT2D eigenvalue weighted by atomic mass is 16.1. The molecule has 0 saturated heterocycles. The number of nitrogens with zero attached hydrogens (tertiary/aromatic N) is 3. The summed E-state index contributed by atoms with van der Waals surface area (Å²) >= 11 is 0. The van der Waals surface area contributed by atoms with Gasteiger partial charge < -0.3 is 5.32 Å². The van der Waals surface area contributed by atoms with Gasteiger partial charge in [-0.2, -0.15) is 5.21 Å². The third-order valence-corrected chi connectivity index (χ3v) is 3.95. The van der Waals surface area contributed by atoms with Crippen LogP contribution in [0.3, 0.4) is 0 Å². The van der Waals surface area contributed by atoms with E-state index in [2.05, 4.69) is 25.9 Å². The quantitative estimate of drug-likeness (QED) is 0.757. The fourth-order valence-corrected chi connectivity index (χ4v) is 2.51. The largest absolute Gasteiger partial charge is 0.325 e. The van der Waals surface area contributed by atoms with E-state index in [0.717, 1.165) is 16.8 Å². The van der Waals surface area contributed by atoms with Gasteiger partial charge in [0.15, 0.2) is 5.82 Å². The maximum absolute atomic E-state index is 12.8. The van der Waals surface area contributed by atoms with Crippen molar-refractivity contribution in [2.45, 2.75) is 26.2 Å². The summed E-state index contributed by atoms with van der Waals surface area (Å²) in [5, 5.41) is 17.0. The number of aromatic nitrogens is 4. The lowest BCUT2D eigenvalue weighted by Crippen LogP contribution is -2.24. The van der Waals surface area contributed by atoms with Crippen LogP contribution in [-0.4, -0.2) is 26.5 Å². The van der Waals surface area contributed by atoms with Crippen molar-refractivity contribution in [3.63, 3.8) is 0 Å². The number of carbonyl (C=O) groups is 1. The predicted molar refractivity (Wildman–Crippen MR) is 91.6 cm³/mol. The number of benzene rings is 2. The van der Waals surface area contributed by atoms with Crippen molar-refractivity contribution in [1.82, 2.24) is 20.6 Å². The highest BCUT2D eigenvalue weighted by Gasteiger charge is 2.25. The number of anilines is 1. The average molecular weight is 321 g/mol. The van der Waals surface area contributed by atoms with Crippen LogP contribution >= 0.6 is 0 Å². The summed E-state index contributed by atoms with van der Waals surface area (Å²) in [5.74, 6) is -0.265. The number of H-pyrrole nitrogens is 1. The standard InChI is InChI=1S/C18H19N5O/c1-12-7-9-14(10-8-12)11-15(17-20-22-23-21-17)18(24)19-16-6-4-3-5-13(16)2/h3-10,15H,11H2,1-2H3,(H,19,24)(H,20,21,22,23)/t15-/m0/s1. The number of tetrazole rings is 1. The molecule has 6 heteroatoms. The maximum Gasteiger partial charge on any atom is 0.235 e. The first kappa shape index (κ1) is 15.9. The molecule has 0 bridgehead atoms. The Kier molecular flexibility index (Phi) is 4.65. The molecule has 1 aromatic heterocycles. The van der Waals surface area contributed by atoms with E-state index in [4.69, 9.17) is 0 Å². The van der Waals surface area contributed by atoms with Crippen LogP contribution in [-0.2, 0) is 11.2 Å². The van der Waals surface area contributed by atoms with Crippen LogP contribution in [0, 0.1) is 13.8 Å². The van der Waals surface area contributed by atoms with Crippen LogP contribution < -0.4 is 5.32 Å². The van der Waals surface area contributed by atoms with Crippen LogP contribution in [0.2, 0.25) is 0 Å². The van der Waals surface area contributed by atoms with Crippen molar-refractivity contribution in [3.8, 4) is 0 Å². The van der Waals surface area contributed by atoms with Crippen LogP contribution in [0.5, 0.6) is 0 Å². The molecule has 1 heterocycles. The first-order valence-electron chi connectivity index (χ1n) is 7.79. The van der Waals surface area contributed by atoms with Crippen molar-refractivity contribution in [3.05, 3.63) is 71.0 Å². The molecule has 0 aliphatic carbocycles. The topological polar surface area (TPSA) is 83.6 Å². The SMILES string of the molecule is Cc1ccc(C[C@H](C(=O)Nc2ccccc2C)c2nn[nH]n2)cc1. The van der Waals surface area contributed by atoms with Gasteiger partial charge in [-0.25, -0.2) is 0 Å². The molecule has 0 aliphatic rings. The molecule has 122 valence electrons. The fourth-order valence-electron chi connectivity index (χ4n) is 2.51. The van der Waals surface area contributed by atoms with Crippen molar-refractivity contribution in [2.24, 2.45) is 0 Å². The molecular weight excluding hydrogens is 302 g/mol. The van der Waals surface area contributed by atoms with E-state index in [9.17, 15) is 4.79 Å². The summed E-state index contributed by atoms with van der Waals surface area (Å²) in [4.78, 5) is 12.8. The molecule has 3 rings (SSSR count). The van der Waals surface area contributed by atoms with Gasteiger partial charge >= 0.3 is 0 Å². The number of aryl methyl sites for hydroxylation is 2. The smallest absolute Gasteiger partial charge is 0.235 e. The van der Waals surface area contributed by atoms with E-state index in [1.807, 2.05) is 62.4 Å². The first-order chi connectivity index (χ1) is 11.6. The first-order valence-corrected chi connectivity index (χ1v) is 7.79. The Morgan fingerprint density at radius 1 is 1.12 bits per heavy atom. The van der Waals surface area contributed by atoms with E-state index in [1.165, 1.54) is 5.56 Å². The monoisotopic (exact) mass is 321 g/mol. The number of carbonyl (C=O) groups excluding carboxylic acids is 1. The van der Waals surface area contributed by atoms with Crippen molar-refractivity contribution >= 4 is 11.6 Å². The minimum Gasteiger partial charge on any atom is -0.325 e. The molecule has 0 fully saturated rings. The Morgan fingerprint density at radius 2 is 1.88 bits per heavy atom. The van der Waals surface area contributed by atoms with Gasteiger partial charge in [-0.3, -0.25) is 4.79 Å². The molecule has 0 radical (unpaired) electrons. The molecule has 1 atom stereocenters. The zero-order valence-corrected chi connectivity index (χ0v) is 13.7. The molecular formula is C18H19N5O. The molecule has 2 aromatic carbocycles. The summed E-state index contributed by atoms with van der Waals surface area (Å²) < 4.78 is 0. The van der Waals surface area contributed by atoms with Crippen molar-refractivity contribution in [2.75, 3.05) is 5.32 Å². The second-order valence-corrected chi connectivity index (χ2v) is 5.82. The summed E-state index contributed by atoms with van der Waals surface area (Å²) in [6.07, 6.45) is 0.511. The highest BCUT2D eigenvalue weighted by molar-refractivity contribution is 5.96. The summed E-state index contributed by atoms with van der Waals surface area (Å²) in [7, 11) is 0. The van der Waals surface area contributed by atoms with Gasteiger partial charge in [-0.15, -0.1) is 10.2 Å². The van der Waals surface area contributed by atoms with Gasteiger partial charge in [0.25, 0.3) is 0 Å². The third kappa shape index (κ3) is 3.65. The summed E-state index contributed by atoms with van der Waals surface area (Å²) in [5.41, 5.74) is 4.03. The van der Waals surface area contributed by atoms with E-state index >= 15 is 0 Å². The Bertz CT molecular complexity index is 812. The Labute approximate surface area is 140 Å². The third-order valence-electron chi connectivity index (χ3n) is 3.95. The van der Waals surface area contributed by atoms with Crippen LogP contribution in [0.25, 0.3) is 0 Å². The zero-order valence-electron chi connectivity index (χ0n) is 13.7. The molecule has 2 N–H and O–H groups in total. The van der Waals surface area contributed by atoms with Gasteiger partial charge in [0.2, 0.25) is 5.91 Å². The lowest BCUT2D eigenvalue weighted by Gasteiger charge is -2.15. The van der Waals surface area contributed by atoms with Crippen molar-refractivity contribution < 1.29 is 4.79 Å². The maximum atomic E-state index is 12.8. The van der Waals surface area contributed by atoms with Crippen molar-refractivity contribution in [1.29, 1.82) is 0 Å². The summed E-state index contributed by atoms with van der Waals surface area (Å²) in [6, 6.07) is 15.8. The molecule has 3 aromatic rings. The van der Waals surface area contributed by atoms with Gasteiger partial charge in [0.05, 0.1) is 0 Å². The Morgan fingerprint density at radius 3 is 2.54 bits per heavy atom. The zero-order chi connectivity index (χ0) is 16.9. The number of aromatic amines is 1. The number of nitrogens with one attached hydrogen (secondary N) is 2. The van der Waals surface area contributed by atoms with Crippen LogP contribution in [0.15, 0.2) is 48.5 Å². The number of para-hydroxylation sites is 1. The van der Waals surface area contributed by atoms with E-state index < -0.39 is 5.92 Å². The second-order valence-electron chi connectivity index (χ2n) is 5.82. The fraction of sp³-hybridized carbons (Fsp3) is 0.222. The number of hydrogen-bond acceptors (Lipinski definition) is 4. The summed E-state index contributed by atoms with van der Waals surface area (Å²) in [6.45, 7) is 3.99. The molecule has 0 aliphatic heterocycles. The lowest BCUT2D eigenvalue weighted by atomic mass is 9.97. The average Bonchev–Trinajstić information content (AvgIpc) is 3.10. The number of amides is 1. The predicted octanol–water partition coefficient (Wildman–Crippen LogP) is 2.78. The molecule has 0 saturated carbocycles. The molecule has 1 amide bonds. The highest BCUT2D eigenvalue weighted by Crippen LogP contribution is 2.21. The minimum atomic E-state index is -0.508. The molecule has 0 unspecified atom stereocenters. The van der Waals surface area contributed by atoms with Crippen LogP contribution in [0.4, 0.5) is 5.69 Å². The van der Waals surface area contributed by atoms with Gasteiger partial charge in [0.1, 0.15) is 5.92 Å². The minimum absolute atomic E-state index is 0.147. The normalized spacial score (nSPS) is 11.9. The molecule has 6 nitrogen and oxygen atoms in total. The Hall–Kier alpha value is -3.02. The van der Waals surface area contributed by atoms with Gasteiger partial charge in [-0.1, -0.05) is 53.2 Å².